The molecule has 0 radical (unpaired) electrons. The molecule has 0 aliphatic rings. The van der Waals surface area contributed by atoms with Crippen LogP contribution in [0.4, 0.5) is 5.82 Å². The first-order valence-corrected chi connectivity index (χ1v) is 8.79. The summed E-state index contributed by atoms with van der Waals surface area (Å²) in [6.45, 7) is 3.05. The molecule has 1 amide bonds. The second-order valence-electron chi connectivity index (χ2n) is 6.52. The number of nitrogen functional groups attached to an aromatic ring is 1. The van der Waals surface area contributed by atoms with Crippen LogP contribution in [0.15, 0.2) is 48.7 Å². The van der Waals surface area contributed by atoms with Gasteiger partial charge in [0.15, 0.2) is 18.2 Å². The number of Topliss-reactive ketones (excluding diaryl/α,β-unsaturated/α-hetero) is 1. The van der Waals surface area contributed by atoms with E-state index in [0.717, 1.165) is 5.56 Å². The van der Waals surface area contributed by atoms with Crippen LogP contribution in [0.3, 0.4) is 0 Å². The molecular weight excluding hydrogens is 372 g/mol. The van der Waals surface area contributed by atoms with Crippen molar-refractivity contribution in [1.29, 1.82) is 0 Å². The average molecular weight is 392 g/mol. The monoisotopic (exact) mass is 392 g/mol. The zero-order valence-corrected chi connectivity index (χ0v) is 16.0. The van der Waals surface area contributed by atoms with Crippen molar-refractivity contribution in [1.82, 2.24) is 9.78 Å². The summed E-state index contributed by atoms with van der Waals surface area (Å²) >= 11 is 0. The molecule has 0 unspecified atom stereocenters. The van der Waals surface area contributed by atoms with Crippen LogP contribution < -0.4 is 16.2 Å². The molecule has 0 atom stereocenters. The zero-order chi connectivity index (χ0) is 21.1. The molecule has 8 nitrogen and oxygen atoms in total. The van der Waals surface area contributed by atoms with Crippen LogP contribution in [0.5, 0.6) is 5.75 Å². The second-order valence-corrected chi connectivity index (χ2v) is 6.52. The highest BCUT2D eigenvalue weighted by Gasteiger charge is 2.19. The van der Waals surface area contributed by atoms with Gasteiger partial charge in [-0.3, -0.25) is 14.4 Å². The van der Waals surface area contributed by atoms with Crippen molar-refractivity contribution in [2.75, 3.05) is 12.3 Å². The second kappa shape index (κ2) is 7.97. The van der Waals surface area contributed by atoms with E-state index in [9.17, 15) is 14.4 Å². The number of amides is 1. The van der Waals surface area contributed by atoms with Crippen molar-refractivity contribution in [3.05, 3.63) is 70.9 Å². The highest BCUT2D eigenvalue weighted by atomic mass is 16.5. The standard InChI is InChI=1S/C21H20N4O4/c1-12-6-7-14(13(2)26)9-18(12)25-21(23)17(10-24-25)20(28)15-4-3-5-16(8-15)29-11-19(22)27/h3-10H,11,23H2,1-2H3,(H2,22,27). The van der Waals surface area contributed by atoms with Crippen LogP contribution in [-0.2, 0) is 4.79 Å². The first-order valence-electron chi connectivity index (χ1n) is 8.79. The van der Waals surface area contributed by atoms with Gasteiger partial charge in [-0.05, 0) is 37.6 Å². The van der Waals surface area contributed by atoms with Gasteiger partial charge >= 0.3 is 0 Å². The number of aryl methyl sites for hydroxylation is 1. The summed E-state index contributed by atoms with van der Waals surface area (Å²) in [6.07, 6.45) is 1.38. The van der Waals surface area contributed by atoms with E-state index in [1.54, 1.807) is 36.4 Å². The number of nitrogens with zero attached hydrogens (tertiary/aromatic N) is 2. The summed E-state index contributed by atoms with van der Waals surface area (Å²) in [5.74, 6) is -0.553. The molecule has 0 spiro atoms. The normalized spacial score (nSPS) is 10.6. The highest BCUT2D eigenvalue weighted by Crippen LogP contribution is 2.24. The Morgan fingerprint density at radius 3 is 2.55 bits per heavy atom. The van der Waals surface area contributed by atoms with Gasteiger partial charge in [0.1, 0.15) is 11.6 Å². The molecule has 4 N–H and O–H groups in total. The van der Waals surface area contributed by atoms with Crippen molar-refractivity contribution in [3.8, 4) is 11.4 Å². The van der Waals surface area contributed by atoms with Gasteiger partial charge in [-0.25, -0.2) is 4.68 Å². The third-order valence-electron chi connectivity index (χ3n) is 4.37. The number of hydrogen-bond acceptors (Lipinski definition) is 6. The van der Waals surface area contributed by atoms with E-state index in [4.69, 9.17) is 16.2 Å². The van der Waals surface area contributed by atoms with Crippen LogP contribution in [0.1, 0.15) is 38.8 Å². The van der Waals surface area contributed by atoms with Crippen LogP contribution in [0.25, 0.3) is 5.69 Å². The van der Waals surface area contributed by atoms with Gasteiger partial charge in [0.25, 0.3) is 5.91 Å². The zero-order valence-electron chi connectivity index (χ0n) is 16.0. The van der Waals surface area contributed by atoms with E-state index >= 15 is 0 Å². The van der Waals surface area contributed by atoms with Gasteiger partial charge in [0.05, 0.1) is 17.4 Å². The molecule has 29 heavy (non-hydrogen) atoms. The fourth-order valence-electron chi connectivity index (χ4n) is 2.82. The van der Waals surface area contributed by atoms with Crippen molar-refractivity contribution in [2.24, 2.45) is 5.73 Å². The van der Waals surface area contributed by atoms with Gasteiger partial charge in [-0.2, -0.15) is 5.10 Å². The van der Waals surface area contributed by atoms with E-state index in [1.165, 1.54) is 23.9 Å². The Labute approximate surface area is 167 Å². The van der Waals surface area contributed by atoms with Crippen LogP contribution in [-0.4, -0.2) is 33.9 Å². The van der Waals surface area contributed by atoms with E-state index in [-0.39, 0.29) is 29.6 Å². The average Bonchev–Trinajstić information content (AvgIpc) is 3.07. The molecule has 0 aliphatic carbocycles. The molecule has 8 heteroatoms. The minimum Gasteiger partial charge on any atom is -0.484 e. The van der Waals surface area contributed by atoms with Crippen molar-refractivity contribution >= 4 is 23.3 Å². The van der Waals surface area contributed by atoms with Gasteiger partial charge in [-0.15, -0.1) is 0 Å². The Morgan fingerprint density at radius 2 is 1.86 bits per heavy atom. The number of hydrogen-bond donors (Lipinski definition) is 2. The van der Waals surface area contributed by atoms with Crippen molar-refractivity contribution < 1.29 is 19.1 Å². The Bertz CT molecular complexity index is 1120. The number of anilines is 1. The third kappa shape index (κ3) is 4.16. The lowest BCUT2D eigenvalue weighted by Gasteiger charge is -2.10. The molecule has 1 aromatic heterocycles. The summed E-state index contributed by atoms with van der Waals surface area (Å²) in [5.41, 5.74) is 13.8. The van der Waals surface area contributed by atoms with Crippen LogP contribution >= 0.6 is 0 Å². The van der Waals surface area contributed by atoms with Crippen molar-refractivity contribution in [3.63, 3.8) is 0 Å². The van der Waals surface area contributed by atoms with E-state index in [2.05, 4.69) is 5.10 Å². The van der Waals surface area contributed by atoms with E-state index in [1.807, 2.05) is 6.92 Å². The topological polar surface area (TPSA) is 130 Å². The lowest BCUT2D eigenvalue weighted by molar-refractivity contribution is -0.119. The largest absolute Gasteiger partial charge is 0.484 e. The first kappa shape index (κ1) is 19.8. The predicted molar refractivity (Wildman–Crippen MR) is 107 cm³/mol. The Kier molecular flexibility index (Phi) is 5.45. The quantitative estimate of drug-likeness (QED) is 0.592. The van der Waals surface area contributed by atoms with Gasteiger partial charge in [0, 0.05) is 11.1 Å². The van der Waals surface area contributed by atoms with E-state index < -0.39 is 5.91 Å². The number of benzene rings is 2. The molecule has 0 fully saturated rings. The number of carbonyl (C=O) groups is 3. The highest BCUT2D eigenvalue weighted by molar-refractivity contribution is 6.11. The SMILES string of the molecule is CC(=O)c1ccc(C)c(-n2ncc(C(=O)c3cccc(OCC(N)=O)c3)c2N)c1. The number of ketones is 2. The van der Waals surface area contributed by atoms with Crippen molar-refractivity contribution in [2.45, 2.75) is 13.8 Å². The number of rotatable bonds is 7. The lowest BCUT2D eigenvalue weighted by atomic mass is 10.0. The molecule has 0 aliphatic heterocycles. The predicted octanol–water partition coefficient (Wildman–Crippen LogP) is 2.06. The molecule has 0 saturated carbocycles. The maximum atomic E-state index is 12.9. The molecule has 148 valence electrons. The van der Waals surface area contributed by atoms with E-state index in [0.29, 0.717) is 22.6 Å². The summed E-state index contributed by atoms with van der Waals surface area (Å²) in [4.78, 5) is 35.5. The summed E-state index contributed by atoms with van der Waals surface area (Å²) in [5, 5.41) is 4.24. The minimum absolute atomic E-state index is 0.0824. The fraction of sp³-hybridized carbons (Fsp3) is 0.143. The smallest absolute Gasteiger partial charge is 0.255 e. The number of nitrogens with two attached hydrogens (primary N) is 2. The summed E-state index contributed by atoms with van der Waals surface area (Å²) < 4.78 is 6.67. The molecule has 0 saturated heterocycles. The number of aromatic nitrogens is 2. The molecule has 1 heterocycles. The maximum Gasteiger partial charge on any atom is 0.255 e. The van der Waals surface area contributed by atoms with Crippen LogP contribution in [0, 0.1) is 6.92 Å². The maximum absolute atomic E-state index is 12.9. The number of ether oxygens (including phenoxy) is 1. The molecular formula is C21H20N4O4. The van der Waals surface area contributed by atoms with Gasteiger partial charge < -0.3 is 16.2 Å². The minimum atomic E-state index is -0.615. The van der Waals surface area contributed by atoms with Gasteiger partial charge in [-0.1, -0.05) is 24.3 Å². The van der Waals surface area contributed by atoms with Gasteiger partial charge in [0.2, 0.25) is 0 Å². The number of primary amides is 1. The molecule has 3 aromatic rings. The fourth-order valence-corrected chi connectivity index (χ4v) is 2.82. The lowest BCUT2D eigenvalue weighted by Crippen LogP contribution is -2.20. The Morgan fingerprint density at radius 1 is 1.10 bits per heavy atom. The number of carbonyl (C=O) groups excluding carboxylic acids is 3. The first-order chi connectivity index (χ1) is 13.8. The Balaban J connectivity index is 1.95. The summed E-state index contributed by atoms with van der Waals surface area (Å²) in [6, 6.07) is 11.6. The van der Waals surface area contributed by atoms with Crippen LogP contribution in [0.2, 0.25) is 0 Å². The Hall–Kier alpha value is -3.94. The molecule has 2 aromatic carbocycles. The molecule has 0 bridgehead atoms. The third-order valence-corrected chi connectivity index (χ3v) is 4.37. The summed E-state index contributed by atoms with van der Waals surface area (Å²) in [7, 11) is 0. The molecule has 3 rings (SSSR count).